The second kappa shape index (κ2) is 4.66. The van der Waals surface area contributed by atoms with E-state index in [0.29, 0.717) is 5.88 Å². The van der Waals surface area contributed by atoms with E-state index in [1.165, 1.54) is 0 Å². The van der Waals surface area contributed by atoms with Crippen molar-refractivity contribution in [3.8, 4) is 5.88 Å². The van der Waals surface area contributed by atoms with Crippen LogP contribution < -0.4 is 4.74 Å². The molecule has 1 heterocycles. The first-order chi connectivity index (χ1) is 5.43. The second-order valence-corrected chi connectivity index (χ2v) is 2.20. The van der Waals surface area contributed by atoms with Crippen LogP contribution in [0.1, 0.15) is 19.8 Å². The van der Waals surface area contributed by atoms with E-state index in [9.17, 15) is 0 Å². The van der Waals surface area contributed by atoms with Gasteiger partial charge in [-0.25, -0.2) is 4.98 Å². The molecule has 0 N–H and O–H groups in total. The van der Waals surface area contributed by atoms with Gasteiger partial charge >= 0.3 is 0 Å². The number of nitrogens with zero attached hydrogens (tertiary/aromatic N) is 2. The number of hydrogen-bond donors (Lipinski definition) is 0. The molecule has 0 saturated heterocycles. The fourth-order valence-electron chi connectivity index (χ4n) is 0.651. The molecular weight excluding hydrogens is 140 g/mol. The molecular formula is C8H11N2O. The third-order valence-electron chi connectivity index (χ3n) is 1.26. The van der Waals surface area contributed by atoms with Crippen LogP contribution in [0.5, 0.6) is 5.88 Å². The van der Waals surface area contributed by atoms with Crippen molar-refractivity contribution in [1.82, 2.24) is 9.97 Å². The molecule has 1 aromatic rings. The second-order valence-electron chi connectivity index (χ2n) is 2.20. The maximum atomic E-state index is 5.26. The van der Waals surface area contributed by atoms with Crippen LogP contribution >= 0.6 is 0 Å². The Morgan fingerprint density at radius 2 is 2.55 bits per heavy atom. The largest absolute Gasteiger partial charge is 0.478 e. The highest BCUT2D eigenvalue weighted by molar-refractivity contribution is 5.03. The lowest BCUT2D eigenvalue weighted by atomic mass is 10.4. The molecule has 1 rings (SSSR count). The third kappa shape index (κ3) is 2.98. The highest BCUT2D eigenvalue weighted by Crippen LogP contribution is 2.01. The van der Waals surface area contributed by atoms with Crippen LogP contribution in [0, 0.1) is 6.33 Å². The van der Waals surface area contributed by atoms with E-state index >= 15 is 0 Å². The van der Waals surface area contributed by atoms with Gasteiger partial charge in [0.15, 0.2) is 0 Å². The SMILES string of the molecule is CCCCOc1ccn[c]n1. The summed E-state index contributed by atoms with van der Waals surface area (Å²) in [7, 11) is 0. The van der Waals surface area contributed by atoms with Gasteiger partial charge in [-0.1, -0.05) is 13.3 Å². The van der Waals surface area contributed by atoms with Gasteiger partial charge in [-0.05, 0) is 6.42 Å². The molecule has 0 saturated carbocycles. The molecule has 0 aliphatic heterocycles. The topological polar surface area (TPSA) is 35.0 Å². The average Bonchev–Trinajstić information content (AvgIpc) is 2.07. The van der Waals surface area contributed by atoms with Gasteiger partial charge in [0.1, 0.15) is 0 Å². The van der Waals surface area contributed by atoms with Gasteiger partial charge in [0, 0.05) is 12.3 Å². The van der Waals surface area contributed by atoms with Gasteiger partial charge in [0.2, 0.25) is 12.2 Å². The summed E-state index contributed by atoms with van der Waals surface area (Å²) in [6, 6.07) is 1.73. The molecule has 0 spiro atoms. The summed E-state index contributed by atoms with van der Waals surface area (Å²) in [5, 5.41) is 0. The molecule has 0 amide bonds. The molecule has 0 aromatic carbocycles. The van der Waals surface area contributed by atoms with Crippen molar-refractivity contribution < 1.29 is 4.74 Å². The van der Waals surface area contributed by atoms with E-state index in [-0.39, 0.29) is 0 Å². The molecule has 0 aliphatic carbocycles. The normalized spacial score (nSPS) is 9.55. The molecule has 0 aliphatic rings. The van der Waals surface area contributed by atoms with Crippen LogP contribution in [-0.2, 0) is 0 Å². The van der Waals surface area contributed by atoms with Gasteiger partial charge < -0.3 is 4.74 Å². The molecule has 0 unspecified atom stereocenters. The lowest BCUT2D eigenvalue weighted by molar-refractivity contribution is 0.297. The summed E-state index contributed by atoms with van der Waals surface area (Å²) in [5.74, 6) is 0.605. The maximum absolute atomic E-state index is 5.26. The summed E-state index contributed by atoms with van der Waals surface area (Å²) in [4.78, 5) is 7.45. The average molecular weight is 151 g/mol. The van der Waals surface area contributed by atoms with Crippen molar-refractivity contribution in [2.45, 2.75) is 19.8 Å². The zero-order valence-corrected chi connectivity index (χ0v) is 6.58. The first kappa shape index (κ1) is 7.98. The van der Waals surface area contributed by atoms with Gasteiger partial charge in [-0.2, -0.15) is 4.98 Å². The van der Waals surface area contributed by atoms with Gasteiger partial charge in [0.25, 0.3) is 0 Å². The van der Waals surface area contributed by atoms with Crippen molar-refractivity contribution >= 4 is 0 Å². The van der Waals surface area contributed by atoms with Crippen LogP contribution in [0.3, 0.4) is 0 Å². The van der Waals surface area contributed by atoms with Crippen LogP contribution in [0.2, 0.25) is 0 Å². The van der Waals surface area contributed by atoms with Crippen molar-refractivity contribution in [2.24, 2.45) is 0 Å². The van der Waals surface area contributed by atoms with Crippen LogP contribution in [0.4, 0.5) is 0 Å². The van der Waals surface area contributed by atoms with E-state index < -0.39 is 0 Å². The molecule has 0 atom stereocenters. The third-order valence-corrected chi connectivity index (χ3v) is 1.26. The zero-order valence-electron chi connectivity index (χ0n) is 6.58. The summed E-state index contributed by atoms with van der Waals surface area (Å²) < 4.78 is 5.26. The summed E-state index contributed by atoms with van der Waals surface area (Å²) >= 11 is 0. The number of hydrogen-bond acceptors (Lipinski definition) is 3. The standard InChI is InChI=1S/C8H11N2O/c1-2-3-6-11-8-4-5-9-7-10-8/h4-5H,2-3,6H2,1H3. The van der Waals surface area contributed by atoms with Gasteiger partial charge in [-0.3, -0.25) is 0 Å². The Kier molecular flexibility index (Phi) is 3.38. The Morgan fingerprint density at radius 3 is 3.18 bits per heavy atom. The molecule has 1 radical (unpaired) electrons. The minimum Gasteiger partial charge on any atom is -0.478 e. The lowest BCUT2D eigenvalue weighted by Crippen LogP contribution is -1.98. The van der Waals surface area contributed by atoms with Crippen molar-refractivity contribution in [3.05, 3.63) is 18.6 Å². The van der Waals surface area contributed by atoms with E-state index in [1.807, 2.05) is 0 Å². The summed E-state index contributed by atoms with van der Waals surface area (Å²) in [6.07, 6.45) is 6.28. The molecule has 11 heavy (non-hydrogen) atoms. The zero-order chi connectivity index (χ0) is 7.94. The predicted molar refractivity (Wildman–Crippen MR) is 41.3 cm³/mol. The fourth-order valence-corrected chi connectivity index (χ4v) is 0.651. The number of aromatic nitrogens is 2. The van der Waals surface area contributed by atoms with Crippen LogP contribution in [0.15, 0.2) is 12.3 Å². The first-order valence-electron chi connectivity index (χ1n) is 3.75. The van der Waals surface area contributed by atoms with Crippen LogP contribution in [-0.4, -0.2) is 16.6 Å². The fraction of sp³-hybridized carbons (Fsp3) is 0.500. The highest BCUT2D eigenvalue weighted by atomic mass is 16.5. The Morgan fingerprint density at radius 1 is 1.64 bits per heavy atom. The molecule has 59 valence electrons. The minimum absolute atomic E-state index is 0.605. The number of unbranched alkanes of at least 4 members (excludes halogenated alkanes) is 1. The van der Waals surface area contributed by atoms with Crippen molar-refractivity contribution in [2.75, 3.05) is 6.61 Å². The lowest BCUT2D eigenvalue weighted by Gasteiger charge is -2.01. The van der Waals surface area contributed by atoms with E-state index in [4.69, 9.17) is 4.74 Å². The monoisotopic (exact) mass is 151 g/mol. The molecule has 0 fully saturated rings. The Hall–Kier alpha value is -1.12. The summed E-state index contributed by atoms with van der Waals surface area (Å²) in [5.41, 5.74) is 0. The minimum atomic E-state index is 0.605. The highest BCUT2D eigenvalue weighted by Gasteiger charge is 1.91. The number of rotatable bonds is 4. The quantitative estimate of drug-likeness (QED) is 0.611. The van der Waals surface area contributed by atoms with Gasteiger partial charge in [0.05, 0.1) is 6.61 Å². The molecule has 3 nitrogen and oxygen atoms in total. The van der Waals surface area contributed by atoms with Crippen molar-refractivity contribution in [3.63, 3.8) is 0 Å². The Balaban J connectivity index is 2.28. The van der Waals surface area contributed by atoms with E-state index in [0.717, 1.165) is 19.4 Å². The van der Waals surface area contributed by atoms with E-state index in [2.05, 4.69) is 23.2 Å². The Bertz CT molecular complexity index is 189. The molecule has 0 bridgehead atoms. The predicted octanol–water partition coefficient (Wildman–Crippen LogP) is 1.46. The Labute approximate surface area is 66.4 Å². The number of ether oxygens (including phenoxy) is 1. The van der Waals surface area contributed by atoms with E-state index in [1.54, 1.807) is 12.3 Å². The van der Waals surface area contributed by atoms with Crippen molar-refractivity contribution in [1.29, 1.82) is 0 Å². The summed E-state index contributed by atoms with van der Waals surface area (Å²) in [6.45, 7) is 2.84. The smallest absolute Gasteiger partial charge is 0.216 e. The first-order valence-corrected chi connectivity index (χ1v) is 3.75. The molecule has 3 heteroatoms. The molecule has 1 aromatic heterocycles. The van der Waals surface area contributed by atoms with Crippen LogP contribution in [0.25, 0.3) is 0 Å². The van der Waals surface area contributed by atoms with Gasteiger partial charge in [-0.15, -0.1) is 0 Å². The maximum Gasteiger partial charge on any atom is 0.216 e.